The van der Waals surface area contributed by atoms with Crippen molar-refractivity contribution in [3.8, 4) is 5.75 Å². The zero-order valence-electron chi connectivity index (χ0n) is 16.6. The highest BCUT2D eigenvalue weighted by atomic mass is 32.2. The van der Waals surface area contributed by atoms with E-state index in [2.05, 4.69) is 0 Å². The second-order valence-electron chi connectivity index (χ2n) is 7.53. The van der Waals surface area contributed by atoms with E-state index in [1.54, 1.807) is 29.2 Å². The van der Waals surface area contributed by atoms with E-state index in [0.717, 1.165) is 24.8 Å². The predicted octanol–water partition coefficient (Wildman–Crippen LogP) is 2.72. The summed E-state index contributed by atoms with van der Waals surface area (Å²) in [6.07, 6.45) is 4.25. The lowest BCUT2D eigenvalue weighted by molar-refractivity contribution is 0.0694. The Bertz CT molecular complexity index is 1010. The molecule has 0 bridgehead atoms. The highest BCUT2D eigenvalue weighted by Gasteiger charge is 2.31. The van der Waals surface area contributed by atoms with Gasteiger partial charge in [-0.2, -0.15) is 4.31 Å². The Morgan fingerprint density at radius 2 is 1.62 bits per heavy atom. The maximum atomic E-state index is 13.1. The van der Waals surface area contributed by atoms with Crippen molar-refractivity contribution in [1.29, 1.82) is 0 Å². The van der Waals surface area contributed by atoms with Gasteiger partial charge in [0.2, 0.25) is 10.0 Å². The number of piperazine rings is 1. The summed E-state index contributed by atoms with van der Waals surface area (Å²) in [6.45, 7) is 1.31. The van der Waals surface area contributed by atoms with Crippen molar-refractivity contribution in [3.05, 3.63) is 59.2 Å². The largest absolute Gasteiger partial charge is 0.496 e. The molecule has 1 saturated heterocycles. The van der Waals surface area contributed by atoms with Crippen LogP contribution in [0.15, 0.2) is 47.4 Å². The van der Waals surface area contributed by atoms with E-state index in [9.17, 15) is 13.2 Å². The maximum absolute atomic E-state index is 13.1. The van der Waals surface area contributed by atoms with Crippen LogP contribution in [0.1, 0.15) is 34.3 Å². The summed E-state index contributed by atoms with van der Waals surface area (Å²) in [5.41, 5.74) is 2.92. The molecule has 0 radical (unpaired) electrons. The van der Waals surface area contributed by atoms with Crippen molar-refractivity contribution >= 4 is 15.9 Å². The first-order chi connectivity index (χ1) is 14.0. The summed E-state index contributed by atoms with van der Waals surface area (Å²) in [4.78, 5) is 14.9. The highest BCUT2D eigenvalue weighted by molar-refractivity contribution is 7.89. The van der Waals surface area contributed by atoms with E-state index >= 15 is 0 Å². The van der Waals surface area contributed by atoms with Crippen molar-refractivity contribution in [2.24, 2.45) is 0 Å². The fraction of sp³-hybridized carbons (Fsp3) is 0.409. The average Bonchev–Trinajstić information content (AvgIpc) is 2.78. The third-order valence-corrected chi connectivity index (χ3v) is 7.72. The minimum atomic E-state index is -3.55. The molecule has 6 nitrogen and oxygen atoms in total. The summed E-state index contributed by atoms with van der Waals surface area (Å²) >= 11 is 0. The zero-order valence-corrected chi connectivity index (χ0v) is 17.5. The van der Waals surface area contributed by atoms with Crippen molar-refractivity contribution in [1.82, 2.24) is 9.21 Å². The molecule has 0 spiro atoms. The van der Waals surface area contributed by atoms with Crippen LogP contribution in [0.2, 0.25) is 0 Å². The number of carbonyl (C=O) groups excluding carboxylic acids is 1. The molecule has 4 rings (SSSR count). The third-order valence-electron chi connectivity index (χ3n) is 5.82. The van der Waals surface area contributed by atoms with Crippen molar-refractivity contribution in [3.63, 3.8) is 0 Å². The van der Waals surface area contributed by atoms with E-state index in [4.69, 9.17) is 4.74 Å². The Kier molecular flexibility index (Phi) is 5.61. The normalized spacial score (nSPS) is 17.6. The monoisotopic (exact) mass is 414 g/mol. The Morgan fingerprint density at radius 1 is 0.931 bits per heavy atom. The Balaban J connectivity index is 1.47. The van der Waals surface area contributed by atoms with Crippen molar-refractivity contribution in [2.75, 3.05) is 33.3 Å². The van der Waals surface area contributed by atoms with Gasteiger partial charge < -0.3 is 9.64 Å². The van der Waals surface area contributed by atoms with Gasteiger partial charge in [-0.1, -0.05) is 18.2 Å². The number of hydrogen-bond donors (Lipinski definition) is 0. The van der Waals surface area contributed by atoms with Crippen LogP contribution in [0.4, 0.5) is 0 Å². The van der Waals surface area contributed by atoms with Gasteiger partial charge in [-0.05, 0) is 61.1 Å². The van der Waals surface area contributed by atoms with E-state index in [1.807, 2.05) is 18.2 Å². The molecule has 0 saturated carbocycles. The van der Waals surface area contributed by atoms with Gasteiger partial charge in [-0.3, -0.25) is 4.79 Å². The SMILES string of the molecule is COc1ccccc1C(=O)N1CCN(S(=O)(=O)c2ccc3c(c2)CCCC3)CC1. The molecule has 2 aromatic carbocycles. The summed E-state index contributed by atoms with van der Waals surface area (Å²) in [5, 5.41) is 0. The second kappa shape index (κ2) is 8.16. The Hall–Kier alpha value is -2.38. The van der Waals surface area contributed by atoms with Gasteiger partial charge in [0, 0.05) is 26.2 Å². The van der Waals surface area contributed by atoms with Crippen LogP contribution in [0.5, 0.6) is 5.75 Å². The lowest BCUT2D eigenvalue weighted by atomic mass is 9.92. The van der Waals surface area contributed by atoms with Gasteiger partial charge in [0.1, 0.15) is 5.75 Å². The lowest BCUT2D eigenvalue weighted by Crippen LogP contribution is -2.50. The molecular weight excluding hydrogens is 388 g/mol. The molecule has 0 unspecified atom stereocenters. The number of benzene rings is 2. The van der Waals surface area contributed by atoms with Crippen molar-refractivity contribution < 1.29 is 17.9 Å². The first-order valence-corrected chi connectivity index (χ1v) is 11.5. The van der Waals surface area contributed by atoms with Crippen LogP contribution in [-0.2, 0) is 22.9 Å². The zero-order chi connectivity index (χ0) is 20.4. The van der Waals surface area contributed by atoms with E-state index in [-0.39, 0.29) is 5.91 Å². The highest BCUT2D eigenvalue weighted by Crippen LogP contribution is 2.27. The van der Waals surface area contributed by atoms with Crippen LogP contribution in [0.25, 0.3) is 0 Å². The fourth-order valence-corrected chi connectivity index (χ4v) is 5.62. The van der Waals surface area contributed by atoms with Crippen LogP contribution < -0.4 is 4.74 Å². The molecule has 1 aliphatic heterocycles. The number of amides is 1. The number of aryl methyl sites for hydroxylation is 2. The van der Waals surface area contributed by atoms with Gasteiger partial charge in [0.15, 0.2) is 0 Å². The molecule has 2 aromatic rings. The van der Waals surface area contributed by atoms with Crippen LogP contribution in [0.3, 0.4) is 0 Å². The van der Waals surface area contributed by atoms with Gasteiger partial charge in [0.05, 0.1) is 17.6 Å². The quantitative estimate of drug-likeness (QED) is 0.772. The number of rotatable bonds is 4. The fourth-order valence-electron chi connectivity index (χ4n) is 4.14. The summed E-state index contributed by atoms with van der Waals surface area (Å²) in [5.74, 6) is 0.398. The van der Waals surface area contributed by atoms with Gasteiger partial charge in [-0.15, -0.1) is 0 Å². The number of methoxy groups -OCH3 is 1. The minimum Gasteiger partial charge on any atom is -0.496 e. The van der Waals surface area contributed by atoms with Crippen LogP contribution in [0, 0.1) is 0 Å². The molecule has 0 atom stereocenters. The lowest BCUT2D eigenvalue weighted by Gasteiger charge is -2.34. The number of para-hydroxylation sites is 1. The molecule has 1 fully saturated rings. The molecule has 0 N–H and O–H groups in total. The van der Waals surface area contributed by atoms with E-state index in [1.165, 1.54) is 23.4 Å². The average molecular weight is 415 g/mol. The first kappa shape index (κ1) is 19.9. The molecule has 29 heavy (non-hydrogen) atoms. The molecule has 0 aromatic heterocycles. The van der Waals surface area contributed by atoms with E-state index in [0.29, 0.717) is 42.4 Å². The topological polar surface area (TPSA) is 66.9 Å². The molecule has 1 amide bonds. The Labute approximate surface area is 172 Å². The number of sulfonamides is 1. The maximum Gasteiger partial charge on any atom is 0.257 e. The van der Waals surface area contributed by atoms with Gasteiger partial charge in [0.25, 0.3) is 5.91 Å². The number of ether oxygens (including phenoxy) is 1. The molecule has 1 heterocycles. The van der Waals surface area contributed by atoms with Crippen LogP contribution in [-0.4, -0.2) is 56.8 Å². The molecular formula is C22H26N2O4S. The predicted molar refractivity (Wildman–Crippen MR) is 111 cm³/mol. The van der Waals surface area contributed by atoms with Crippen LogP contribution >= 0.6 is 0 Å². The first-order valence-electron chi connectivity index (χ1n) is 10.0. The molecule has 154 valence electrons. The minimum absolute atomic E-state index is 0.131. The summed E-state index contributed by atoms with van der Waals surface area (Å²) in [7, 11) is -2.01. The summed E-state index contributed by atoms with van der Waals surface area (Å²) in [6, 6.07) is 12.6. The summed E-state index contributed by atoms with van der Waals surface area (Å²) < 4.78 is 33.0. The van der Waals surface area contributed by atoms with Crippen molar-refractivity contribution in [2.45, 2.75) is 30.6 Å². The molecule has 2 aliphatic rings. The molecule has 1 aliphatic carbocycles. The third kappa shape index (κ3) is 3.89. The standard InChI is InChI=1S/C22H26N2O4S/c1-28-21-9-5-4-8-20(21)22(25)23-12-14-24(15-13-23)29(26,27)19-11-10-17-6-2-3-7-18(17)16-19/h4-5,8-11,16H,2-3,6-7,12-15H2,1H3. The number of carbonyl (C=O) groups is 1. The number of hydrogen-bond acceptors (Lipinski definition) is 4. The second-order valence-corrected chi connectivity index (χ2v) is 9.47. The van der Waals surface area contributed by atoms with Gasteiger partial charge >= 0.3 is 0 Å². The van der Waals surface area contributed by atoms with Gasteiger partial charge in [-0.25, -0.2) is 8.42 Å². The molecule has 7 heteroatoms. The number of fused-ring (bicyclic) bond motifs is 1. The Morgan fingerprint density at radius 3 is 2.34 bits per heavy atom. The smallest absolute Gasteiger partial charge is 0.257 e. The number of nitrogens with zero attached hydrogens (tertiary/aromatic N) is 2. The van der Waals surface area contributed by atoms with E-state index < -0.39 is 10.0 Å².